The molecule has 0 N–H and O–H groups in total. The fraction of sp³-hybridized carbons (Fsp3) is 0. The van der Waals surface area contributed by atoms with Crippen LogP contribution in [-0.4, -0.2) is 0 Å². The molecular weight excluding hydrogens is 275 g/mol. The summed E-state index contributed by atoms with van der Waals surface area (Å²) in [5.74, 6) is 0. The largest absolute Gasteiger partial charge is 0.456 e. The van der Waals surface area contributed by atoms with Crippen molar-refractivity contribution in [2.45, 2.75) is 0 Å². The summed E-state index contributed by atoms with van der Waals surface area (Å²) in [4.78, 5) is 0. The maximum atomic E-state index is 7.86. The van der Waals surface area contributed by atoms with Crippen LogP contribution in [0.25, 0.3) is 21.9 Å². The number of fused-ring (bicyclic) bond motifs is 3. The first-order valence-electron chi connectivity index (χ1n) is 5.77. The van der Waals surface area contributed by atoms with Crippen LogP contribution in [0.5, 0.6) is 0 Å². The first kappa shape index (κ1) is 6.56. The third-order valence-electron chi connectivity index (χ3n) is 2.20. The van der Waals surface area contributed by atoms with Crippen LogP contribution in [0.3, 0.4) is 0 Å². The molecule has 0 atom stereocenters. The summed E-state index contributed by atoms with van der Waals surface area (Å²) >= 11 is 9.28. The summed E-state index contributed by atoms with van der Waals surface area (Å²) in [6.07, 6.45) is 0. The van der Waals surface area contributed by atoms with Crippen LogP contribution < -0.4 is 0 Å². The van der Waals surface area contributed by atoms with Gasteiger partial charge >= 0.3 is 0 Å². The van der Waals surface area contributed by atoms with Gasteiger partial charge in [-0.1, -0.05) is 33.6 Å². The standard InChI is InChI=1S/C12H6BrClO/c13-9-2-1-3-11-12(9)8-6-7(14)4-5-10(8)15-11/h1-6H/i2D,4D,5D. The molecule has 15 heavy (non-hydrogen) atoms. The lowest BCUT2D eigenvalue weighted by atomic mass is 10.1. The minimum atomic E-state index is -0.0505. The van der Waals surface area contributed by atoms with E-state index in [1.807, 2.05) is 0 Å². The molecule has 0 radical (unpaired) electrons. The maximum absolute atomic E-state index is 7.86. The van der Waals surface area contributed by atoms with E-state index in [0.29, 0.717) is 32.5 Å². The monoisotopic (exact) mass is 283 g/mol. The van der Waals surface area contributed by atoms with Gasteiger partial charge in [-0.25, -0.2) is 0 Å². The van der Waals surface area contributed by atoms with Crippen molar-refractivity contribution in [2.75, 3.05) is 0 Å². The molecule has 0 aliphatic rings. The Morgan fingerprint density at radius 1 is 1.27 bits per heavy atom. The molecule has 1 nitrogen and oxygen atoms in total. The van der Waals surface area contributed by atoms with Crippen molar-refractivity contribution in [1.29, 1.82) is 0 Å². The molecular formula is C12H6BrClO. The minimum Gasteiger partial charge on any atom is -0.456 e. The molecule has 74 valence electrons. The molecule has 0 bridgehead atoms. The van der Waals surface area contributed by atoms with Crippen LogP contribution in [0.2, 0.25) is 5.02 Å². The van der Waals surface area contributed by atoms with Crippen LogP contribution in [-0.2, 0) is 0 Å². The molecule has 0 spiro atoms. The fourth-order valence-electron chi connectivity index (χ4n) is 1.58. The van der Waals surface area contributed by atoms with Gasteiger partial charge in [-0.15, -0.1) is 0 Å². The van der Waals surface area contributed by atoms with Crippen LogP contribution >= 0.6 is 27.5 Å². The van der Waals surface area contributed by atoms with E-state index in [2.05, 4.69) is 15.9 Å². The second-order valence-corrected chi connectivity index (χ2v) is 4.32. The molecule has 0 saturated heterocycles. The van der Waals surface area contributed by atoms with E-state index in [1.54, 1.807) is 18.2 Å². The van der Waals surface area contributed by atoms with Crippen molar-refractivity contribution in [2.24, 2.45) is 0 Å². The first-order chi connectivity index (χ1) is 8.50. The number of rotatable bonds is 0. The SMILES string of the molecule is [2H]c1ccc2oc3c([2H])c([2H])c(Cl)cc3c2c1Br. The van der Waals surface area contributed by atoms with Crippen molar-refractivity contribution < 1.29 is 8.53 Å². The van der Waals surface area contributed by atoms with Gasteiger partial charge in [-0.3, -0.25) is 0 Å². The van der Waals surface area contributed by atoms with Crippen LogP contribution in [0, 0.1) is 0 Å². The zero-order valence-electron chi connectivity index (χ0n) is 10.4. The van der Waals surface area contributed by atoms with E-state index in [-0.39, 0.29) is 17.1 Å². The van der Waals surface area contributed by atoms with E-state index in [9.17, 15) is 0 Å². The molecule has 3 heteroatoms. The lowest BCUT2D eigenvalue weighted by Crippen LogP contribution is -1.69. The Bertz CT molecular complexity index is 797. The molecule has 0 saturated carbocycles. The summed E-state index contributed by atoms with van der Waals surface area (Å²) in [7, 11) is 0. The highest BCUT2D eigenvalue weighted by molar-refractivity contribution is 9.10. The predicted octanol–water partition coefficient (Wildman–Crippen LogP) is 5.00. The Kier molecular flexibility index (Phi) is 1.42. The van der Waals surface area contributed by atoms with Crippen molar-refractivity contribution in [3.05, 3.63) is 45.8 Å². The molecule has 3 aromatic rings. The fourth-order valence-corrected chi connectivity index (χ4v) is 2.28. The highest BCUT2D eigenvalue weighted by atomic mass is 79.9. The minimum absolute atomic E-state index is 0.0351. The Labute approximate surface area is 104 Å². The molecule has 1 aromatic heterocycles. The van der Waals surface area contributed by atoms with E-state index < -0.39 is 0 Å². The van der Waals surface area contributed by atoms with Crippen molar-refractivity contribution in [3.8, 4) is 0 Å². The van der Waals surface area contributed by atoms with Gasteiger partial charge in [0, 0.05) is 20.3 Å². The average molecular weight is 285 g/mol. The van der Waals surface area contributed by atoms with Gasteiger partial charge in [0.2, 0.25) is 0 Å². The first-order valence-corrected chi connectivity index (χ1v) is 5.45. The van der Waals surface area contributed by atoms with Crippen molar-refractivity contribution in [3.63, 3.8) is 0 Å². The third kappa shape index (κ3) is 1.36. The highest BCUT2D eigenvalue weighted by Gasteiger charge is 2.09. The van der Waals surface area contributed by atoms with Crippen LogP contribution in [0.4, 0.5) is 0 Å². The number of benzene rings is 2. The number of halogens is 2. The van der Waals surface area contributed by atoms with Gasteiger partial charge in [-0.05, 0) is 30.3 Å². The maximum Gasteiger partial charge on any atom is 0.136 e. The van der Waals surface area contributed by atoms with Crippen molar-refractivity contribution in [1.82, 2.24) is 0 Å². The number of hydrogen-bond acceptors (Lipinski definition) is 1. The molecule has 1 heterocycles. The Morgan fingerprint density at radius 3 is 3.00 bits per heavy atom. The van der Waals surface area contributed by atoms with E-state index in [1.165, 1.54) is 0 Å². The van der Waals surface area contributed by atoms with E-state index in [4.69, 9.17) is 20.1 Å². The highest BCUT2D eigenvalue weighted by Crippen LogP contribution is 2.35. The summed E-state index contributed by atoms with van der Waals surface area (Å²) in [5.41, 5.74) is 0.897. The Morgan fingerprint density at radius 2 is 2.13 bits per heavy atom. The van der Waals surface area contributed by atoms with Crippen LogP contribution in [0.1, 0.15) is 4.11 Å². The van der Waals surface area contributed by atoms with E-state index >= 15 is 0 Å². The van der Waals surface area contributed by atoms with Gasteiger partial charge in [0.25, 0.3) is 0 Å². The lowest BCUT2D eigenvalue weighted by Gasteiger charge is -1.93. The molecule has 0 aliphatic carbocycles. The summed E-state index contributed by atoms with van der Waals surface area (Å²) in [6.45, 7) is 0. The second kappa shape index (κ2) is 3.26. The quantitative estimate of drug-likeness (QED) is 0.566. The Hall–Kier alpha value is -0.990. The summed E-state index contributed by atoms with van der Waals surface area (Å²) in [5, 5.41) is 1.57. The lowest BCUT2D eigenvalue weighted by molar-refractivity contribution is 0.669. The predicted molar refractivity (Wildman–Crippen MR) is 66.4 cm³/mol. The Balaban J connectivity index is 2.62. The topological polar surface area (TPSA) is 13.1 Å². The molecule has 0 fully saturated rings. The van der Waals surface area contributed by atoms with E-state index in [0.717, 1.165) is 0 Å². The molecule has 0 aliphatic heterocycles. The molecule has 2 aromatic carbocycles. The normalized spacial score (nSPS) is 14.1. The molecule has 0 amide bonds. The van der Waals surface area contributed by atoms with Gasteiger partial charge in [-0.2, -0.15) is 0 Å². The number of furan rings is 1. The van der Waals surface area contributed by atoms with Gasteiger partial charge in [0.05, 0.1) is 4.11 Å². The zero-order valence-corrected chi connectivity index (χ0v) is 9.74. The van der Waals surface area contributed by atoms with Crippen molar-refractivity contribution >= 4 is 49.5 Å². The smallest absolute Gasteiger partial charge is 0.136 e. The average Bonchev–Trinajstić information content (AvgIpc) is 2.70. The van der Waals surface area contributed by atoms with Crippen LogP contribution in [0.15, 0.2) is 45.2 Å². The van der Waals surface area contributed by atoms with Gasteiger partial charge in [0.1, 0.15) is 11.2 Å². The summed E-state index contributed by atoms with van der Waals surface area (Å²) < 4.78 is 29.5. The zero-order chi connectivity index (χ0) is 13.0. The third-order valence-corrected chi connectivity index (χ3v) is 3.03. The summed E-state index contributed by atoms with van der Waals surface area (Å²) in [6, 6.07) is 5.15. The second-order valence-electron chi connectivity index (χ2n) is 3.12. The van der Waals surface area contributed by atoms with Gasteiger partial charge < -0.3 is 4.42 Å². The molecule has 0 unspecified atom stereocenters. The molecule has 3 rings (SSSR count). The van der Waals surface area contributed by atoms with Gasteiger partial charge in [0.15, 0.2) is 0 Å². The number of hydrogen-bond donors (Lipinski definition) is 0.